The summed E-state index contributed by atoms with van der Waals surface area (Å²) in [5.41, 5.74) is 0.961. The molecule has 0 radical (unpaired) electrons. The van der Waals surface area contributed by atoms with Gasteiger partial charge in [0, 0.05) is 30.5 Å². The zero-order chi connectivity index (χ0) is 16.3. The summed E-state index contributed by atoms with van der Waals surface area (Å²) in [7, 11) is 0.0842. The molecule has 1 aromatic carbocycles. The fraction of sp³-hybridized carbons (Fsp3) is 0.600. The Morgan fingerprint density at radius 2 is 1.86 bits per heavy atom. The van der Waals surface area contributed by atoms with Crippen LogP contribution in [0.1, 0.15) is 32.4 Å². The molecule has 1 unspecified atom stereocenters. The lowest BCUT2D eigenvalue weighted by Gasteiger charge is -2.26. The average Bonchev–Trinajstić information content (AvgIpc) is 2.42. The predicted molar refractivity (Wildman–Crippen MR) is 84.9 cm³/mol. The highest BCUT2D eigenvalue weighted by Gasteiger charge is 2.30. The molecule has 0 saturated heterocycles. The molecule has 0 heterocycles. The second kappa shape index (κ2) is 6.66. The van der Waals surface area contributed by atoms with Gasteiger partial charge >= 0.3 is 0 Å². The number of rotatable bonds is 7. The molecule has 0 spiro atoms. The molecule has 1 aromatic rings. The number of sulfone groups is 1. The standard InChI is InChI=1S/C15H25NO4S/c1-11(16-10-15(2,3)21(6,17)18)13-8-7-12(19-4)9-14(13)20-5/h7-9,11,16H,10H2,1-6H3. The Hall–Kier alpha value is -1.27. The summed E-state index contributed by atoms with van der Waals surface area (Å²) in [6, 6.07) is 5.56. The lowest BCUT2D eigenvalue weighted by atomic mass is 10.1. The molecule has 0 fully saturated rings. The highest BCUT2D eigenvalue weighted by atomic mass is 32.2. The number of hydrogen-bond donors (Lipinski definition) is 1. The monoisotopic (exact) mass is 315 g/mol. The molecular weight excluding hydrogens is 290 g/mol. The van der Waals surface area contributed by atoms with Gasteiger partial charge < -0.3 is 14.8 Å². The summed E-state index contributed by atoms with van der Waals surface area (Å²) < 4.78 is 33.2. The molecule has 120 valence electrons. The van der Waals surface area contributed by atoms with Gasteiger partial charge in [-0.15, -0.1) is 0 Å². The maximum absolute atomic E-state index is 11.7. The average molecular weight is 315 g/mol. The van der Waals surface area contributed by atoms with Crippen LogP contribution in [-0.2, 0) is 9.84 Å². The molecule has 1 N–H and O–H groups in total. The van der Waals surface area contributed by atoms with E-state index >= 15 is 0 Å². The SMILES string of the molecule is COc1ccc(C(C)NCC(C)(C)S(C)(=O)=O)c(OC)c1. The van der Waals surface area contributed by atoms with Crippen LogP contribution in [0.4, 0.5) is 0 Å². The van der Waals surface area contributed by atoms with E-state index in [-0.39, 0.29) is 6.04 Å². The molecule has 0 aliphatic carbocycles. The molecule has 0 aliphatic heterocycles. The van der Waals surface area contributed by atoms with Crippen LogP contribution in [0.5, 0.6) is 11.5 Å². The van der Waals surface area contributed by atoms with Crippen molar-refractivity contribution in [3.05, 3.63) is 23.8 Å². The molecule has 0 amide bonds. The lowest BCUT2D eigenvalue weighted by molar-refractivity contribution is 0.384. The van der Waals surface area contributed by atoms with Crippen LogP contribution >= 0.6 is 0 Å². The molecule has 0 aliphatic rings. The molecule has 1 atom stereocenters. The van der Waals surface area contributed by atoms with Crippen LogP contribution in [-0.4, -0.2) is 40.2 Å². The van der Waals surface area contributed by atoms with Crippen LogP contribution < -0.4 is 14.8 Å². The molecule has 0 bridgehead atoms. The summed E-state index contributed by atoms with van der Waals surface area (Å²) >= 11 is 0. The quantitative estimate of drug-likeness (QED) is 0.835. The van der Waals surface area contributed by atoms with E-state index in [1.165, 1.54) is 6.26 Å². The molecule has 6 heteroatoms. The Morgan fingerprint density at radius 1 is 1.24 bits per heavy atom. The maximum Gasteiger partial charge on any atom is 0.153 e. The highest BCUT2D eigenvalue weighted by molar-refractivity contribution is 7.92. The van der Waals surface area contributed by atoms with Crippen molar-refractivity contribution in [1.82, 2.24) is 5.32 Å². The van der Waals surface area contributed by atoms with E-state index in [0.29, 0.717) is 12.3 Å². The minimum Gasteiger partial charge on any atom is -0.497 e. The first-order chi connectivity index (χ1) is 9.62. The van der Waals surface area contributed by atoms with Crippen molar-refractivity contribution in [2.75, 3.05) is 27.0 Å². The summed E-state index contributed by atoms with van der Waals surface area (Å²) in [6.45, 7) is 5.77. The van der Waals surface area contributed by atoms with Gasteiger partial charge in [0.05, 0.1) is 19.0 Å². The fourth-order valence-electron chi connectivity index (χ4n) is 1.82. The number of hydrogen-bond acceptors (Lipinski definition) is 5. The van der Waals surface area contributed by atoms with E-state index in [2.05, 4.69) is 5.32 Å². The third kappa shape index (κ3) is 4.35. The molecule has 0 aromatic heterocycles. The molecule has 5 nitrogen and oxygen atoms in total. The Labute approximate surface area is 127 Å². The summed E-state index contributed by atoms with van der Waals surface area (Å²) in [4.78, 5) is 0. The highest BCUT2D eigenvalue weighted by Crippen LogP contribution is 2.29. The Balaban J connectivity index is 2.88. The second-order valence-corrected chi connectivity index (χ2v) is 8.39. The minimum atomic E-state index is -3.12. The van der Waals surface area contributed by atoms with Crippen molar-refractivity contribution in [2.45, 2.75) is 31.6 Å². The first kappa shape index (κ1) is 17.8. The third-order valence-corrected chi connectivity index (χ3v) is 5.90. The van der Waals surface area contributed by atoms with E-state index < -0.39 is 14.6 Å². The maximum atomic E-state index is 11.7. The van der Waals surface area contributed by atoms with Gasteiger partial charge in [-0.3, -0.25) is 0 Å². The number of benzene rings is 1. The zero-order valence-corrected chi connectivity index (χ0v) is 14.4. The van der Waals surface area contributed by atoms with E-state index in [0.717, 1.165) is 11.3 Å². The smallest absolute Gasteiger partial charge is 0.153 e. The van der Waals surface area contributed by atoms with Crippen LogP contribution in [0, 0.1) is 0 Å². The van der Waals surface area contributed by atoms with Crippen molar-refractivity contribution in [3.63, 3.8) is 0 Å². The van der Waals surface area contributed by atoms with Gasteiger partial charge in [0.25, 0.3) is 0 Å². The van der Waals surface area contributed by atoms with Gasteiger partial charge in [-0.1, -0.05) is 6.07 Å². The molecule has 0 saturated carbocycles. The van der Waals surface area contributed by atoms with Crippen molar-refractivity contribution in [3.8, 4) is 11.5 Å². The number of ether oxygens (including phenoxy) is 2. The lowest BCUT2D eigenvalue weighted by Crippen LogP contribution is -2.42. The fourth-order valence-corrected chi connectivity index (χ4v) is 2.16. The van der Waals surface area contributed by atoms with E-state index in [1.54, 1.807) is 28.1 Å². The topological polar surface area (TPSA) is 64.6 Å². The van der Waals surface area contributed by atoms with Crippen LogP contribution in [0.15, 0.2) is 18.2 Å². The predicted octanol–water partition coefficient (Wildman–Crippen LogP) is 2.18. The van der Waals surface area contributed by atoms with Crippen LogP contribution in [0.25, 0.3) is 0 Å². The first-order valence-electron chi connectivity index (χ1n) is 6.77. The molecule has 1 rings (SSSR count). The largest absolute Gasteiger partial charge is 0.497 e. The Morgan fingerprint density at radius 3 is 2.33 bits per heavy atom. The Bertz CT molecular complexity index is 581. The molecule has 21 heavy (non-hydrogen) atoms. The first-order valence-corrected chi connectivity index (χ1v) is 8.66. The Kier molecular flexibility index (Phi) is 5.64. The normalized spacial score (nSPS) is 13.8. The number of methoxy groups -OCH3 is 2. The zero-order valence-electron chi connectivity index (χ0n) is 13.6. The number of nitrogens with one attached hydrogen (secondary N) is 1. The van der Waals surface area contributed by atoms with E-state index in [4.69, 9.17) is 9.47 Å². The summed E-state index contributed by atoms with van der Waals surface area (Å²) in [5, 5.41) is 3.26. The van der Waals surface area contributed by atoms with Crippen molar-refractivity contribution in [2.24, 2.45) is 0 Å². The summed E-state index contributed by atoms with van der Waals surface area (Å²) in [6.07, 6.45) is 1.26. The van der Waals surface area contributed by atoms with Gasteiger partial charge in [0.15, 0.2) is 9.84 Å². The van der Waals surface area contributed by atoms with Gasteiger partial charge in [-0.25, -0.2) is 8.42 Å². The minimum absolute atomic E-state index is 0.0353. The van der Waals surface area contributed by atoms with E-state index in [1.807, 2.05) is 25.1 Å². The molecular formula is C15H25NO4S. The van der Waals surface area contributed by atoms with Crippen molar-refractivity contribution >= 4 is 9.84 Å². The second-order valence-electron chi connectivity index (χ2n) is 5.74. The van der Waals surface area contributed by atoms with Gasteiger partial charge in [-0.05, 0) is 26.8 Å². The van der Waals surface area contributed by atoms with Gasteiger partial charge in [-0.2, -0.15) is 0 Å². The van der Waals surface area contributed by atoms with Gasteiger partial charge in [0.1, 0.15) is 11.5 Å². The van der Waals surface area contributed by atoms with Crippen LogP contribution in [0.3, 0.4) is 0 Å². The third-order valence-electron chi connectivity index (χ3n) is 3.74. The van der Waals surface area contributed by atoms with Crippen molar-refractivity contribution < 1.29 is 17.9 Å². The van der Waals surface area contributed by atoms with Crippen molar-refractivity contribution in [1.29, 1.82) is 0 Å². The van der Waals surface area contributed by atoms with Gasteiger partial charge in [0.2, 0.25) is 0 Å². The van der Waals surface area contributed by atoms with E-state index in [9.17, 15) is 8.42 Å². The summed E-state index contributed by atoms with van der Waals surface area (Å²) in [5.74, 6) is 1.44. The van der Waals surface area contributed by atoms with Crippen LogP contribution in [0.2, 0.25) is 0 Å².